The van der Waals surface area contributed by atoms with Crippen molar-refractivity contribution in [1.82, 2.24) is 0 Å². The van der Waals surface area contributed by atoms with E-state index in [0.29, 0.717) is 6.10 Å². The number of rotatable bonds is 5. The molecule has 0 aliphatic carbocycles. The maximum Gasteiger partial charge on any atom is 0.116 e. The molecule has 0 N–H and O–H groups in total. The normalized spacial score (nSPS) is 16.2. The summed E-state index contributed by atoms with van der Waals surface area (Å²) in [6, 6.07) is 33.0. The average Bonchev–Trinajstić information content (AvgIpc) is 3.46. The molecule has 0 bridgehead atoms. The lowest BCUT2D eigenvalue weighted by Gasteiger charge is -2.27. The highest BCUT2D eigenvalue weighted by atomic mass is 35.5. The molecule has 3 aromatic carbocycles. The number of halogens is 1. The molecule has 0 amide bonds. The van der Waals surface area contributed by atoms with Crippen molar-refractivity contribution in [3.63, 3.8) is 0 Å². The van der Waals surface area contributed by atoms with Gasteiger partial charge in [0.2, 0.25) is 0 Å². The zero-order valence-electron chi connectivity index (χ0n) is 13.4. The molecule has 4 rings (SSSR count). The van der Waals surface area contributed by atoms with Crippen LogP contribution in [0.1, 0.15) is 0 Å². The summed E-state index contributed by atoms with van der Waals surface area (Å²) in [6.45, 7) is 0.897. The van der Waals surface area contributed by atoms with Gasteiger partial charge in [-0.15, -0.1) is 0 Å². The van der Waals surface area contributed by atoms with Gasteiger partial charge in [0.1, 0.15) is 35.4 Å². The van der Waals surface area contributed by atoms with Crippen molar-refractivity contribution >= 4 is 23.2 Å². The molecule has 1 aliphatic heterocycles. The topological polar surface area (TPSA) is 12.5 Å². The Labute approximate surface area is 150 Å². The number of benzene rings is 3. The third-order valence-corrected chi connectivity index (χ3v) is 8.96. The van der Waals surface area contributed by atoms with Gasteiger partial charge in [-0.3, -0.25) is 0 Å². The average molecular weight is 355 g/mol. The van der Waals surface area contributed by atoms with E-state index in [9.17, 15) is 0 Å². The molecule has 1 aliphatic rings. The van der Waals surface area contributed by atoms with Crippen molar-refractivity contribution in [2.75, 3.05) is 12.8 Å². The smallest absolute Gasteiger partial charge is 0.116 e. The number of hydrogen-bond donors (Lipinski definition) is 0. The van der Waals surface area contributed by atoms with Crippen LogP contribution in [0.4, 0.5) is 0 Å². The summed E-state index contributed by atoms with van der Waals surface area (Å²) in [6.07, 6.45) is 1.48. The van der Waals surface area contributed by atoms with Gasteiger partial charge < -0.3 is 17.1 Å². The minimum atomic E-state index is -1.67. The monoisotopic (exact) mass is 354 g/mol. The summed E-state index contributed by atoms with van der Waals surface area (Å²) in [4.78, 5) is 0. The highest BCUT2D eigenvalue weighted by molar-refractivity contribution is 7.95. The summed E-state index contributed by atoms with van der Waals surface area (Å²) in [5.74, 6) is 0. The fraction of sp³-hybridized carbons (Fsp3) is 0.143. The van der Waals surface area contributed by atoms with Crippen molar-refractivity contribution in [2.24, 2.45) is 0 Å². The summed E-state index contributed by atoms with van der Waals surface area (Å²) in [5.41, 5.74) is 0. The molecular formula is C21H20ClOP. The van der Waals surface area contributed by atoms with Gasteiger partial charge in [0.25, 0.3) is 0 Å². The van der Waals surface area contributed by atoms with Crippen molar-refractivity contribution in [2.45, 2.75) is 6.10 Å². The second-order valence-corrected chi connectivity index (χ2v) is 9.49. The van der Waals surface area contributed by atoms with Gasteiger partial charge >= 0.3 is 0 Å². The summed E-state index contributed by atoms with van der Waals surface area (Å²) in [5, 5.41) is 4.31. The standard InChI is InChI=1S/C21H20OP.ClH/c1-4-10-19(11-5-1)23(17-18-16-22-18,20-12-6-2-7-13-20)21-14-8-3-9-15-21;/h1-15,18H,16-17H2;1H/q+1;/p-1. The van der Waals surface area contributed by atoms with Gasteiger partial charge in [0.05, 0.1) is 6.61 Å². The second kappa shape index (κ2) is 7.49. The van der Waals surface area contributed by atoms with E-state index in [1.165, 1.54) is 15.9 Å². The van der Waals surface area contributed by atoms with Crippen LogP contribution in [0.15, 0.2) is 91.0 Å². The first-order valence-electron chi connectivity index (χ1n) is 8.06. The summed E-state index contributed by atoms with van der Waals surface area (Å²) < 4.78 is 5.66. The molecule has 1 fully saturated rings. The van der Waals surface area contributed by atoms with Gasteiger partial charge in [0, 0.05) is 0 Å². The Morgan fingerprint density at radius 1 is 0.667 bits per heavy atom. The molecule has 0 aromatic heterocycles. The molecule has 1 unspecified atom stereocenters. The first kappa shape index (κ1) is 17.2. The Balaban J connectivity index is 0.00000169. The van der Waals surface area contributed by atoms with Crippen LogP contribution in [0.25, 0.3) is 0 Å². The Hall–Kier alpha value is -1.66. The minimum absolute atomic E-state index is 0. The Kier molecular flexibility index (Phi) is 5.36. The maximum atomic E-state index is 5.66. The zero-order valence-corrected chi connectivity index (χ0v) is 15.0. The Bertz CT molecular complexity index is 661. The molecule has 122 valence electrons. The molecule has 1 saturated heterocycles. The van der Waals surface area contributed by atoms with Crippen LogP contribution in [0, 0.1) is 0 Å². The fourth-order valence-corrected chi connectivity index (χ4v) is 7.68. The highest BCUT2D eigenvalue weighted by Crippen LogP contribution is 2.57. The van der Waals surface area contributed by atoms with E-state index < -0.39 is 7.26 Å². The minimum Gasteiger partial charge on any atom is -1.00 e. The third kappa shape index (κ3) is 3.26. The van der Waals surface area contributed by atoms with E-state index in [4.69, 9.17) is 4.74 Å². The number of epoxide rings is 1. The van der Waals surface area contributed by atoms with Crippen LogP contribution in [0.5, 0.6) is 0 Å². The van der Waals surface area contributed by atoms with E-state index in [0.717, 1.165) is 12.8 Å². The number of ether oxygens (including phenoxy) is 1. The van der Waals surface area contributed by atoms with Gasteiger partial charge in [-0.2, -0.15) is 0 Å². The van der Waals surface area contributed by atoms with Crippen molar-refractivity contribution < 1.29 is 17.1 Å². The van der Waals surface area contributed by atoms with Gasteiger partial charge in [-0.25, -0.2) is 0 Å². The molecule has 1 atom stereocenters. The van der Waals surface area contributed by atoms with Crippen LogP contribution in [0.2, 0.25) is 0 Å². The quantitative estimate of drug-likeness (QED) is 0.477. The third-order valence-electron chi connectivity index (χ3n) is 4.47. The van der Waals surface area contributed by atoms with Crippen LogP contribution >= 0.6 is 7.26 Å². The van der Waals surface area contributed by atoms with E-state index >= 15 is 0 Å². The number of hydrogen-bond acceptors (Lipinski definition) is 1. The highest BCUT2D eigenvalue weighted by Gasteiger charge is 2.49. The van der Waals surface area contributed by atoms with E-state index in [1.807, 2.05) is 0 Å². The van der Waals surface area contributed by atoms with Crippen LogP contribution < -0.4 is 28.3 Å². The predicted octanol–water partition coefficient (Wildman–Crippen LogP) is 0.383. The van der Waals surface area contributed by atoms with E-state index in [1.54, 1.807) is 0 Å². The first-order valence-corrected chi connectivity index (χ1v) is 10.0. The second-order valence-electron chi connectivity index (χ2n) is 5.95. The van der Waals surface area contributed by atoms with E-state index in [2.05, 4.69) is 91.0 Å². The predicted molar refractivity (Wildman–Crippen MR) is 99.8 cm³/mol. The summed E-state index contributed by atoms with van der Waals surface area (Å²) >= 11 is 0. The molecule has 24 heavy (non-hydrogen) atoms. The van der Waals surface area contributed by atoms with Gasteiger partial charge in [0.15, 0.2) is 0 Å². The lowest BCUT2D eigenvalue weighted by atomic mass is 10.4. The van der Waals surface area contributed by atoms with Crippen LogP contribution in [0.3, 0.4) is 0 Å². The van der Waals surface area contributed by atoms with Gasteiger partial charge in [-0.05, 0) is 36.4 Å². The molecular weight excluding hydrogens is 335 g/mol. The zero-order chi connectivity index (χ0) is 15.5. The lowest BCUT2D eigenvalue weighted by Crippen LogP contribution is -3.00. The molecule has 0 radical (unpaired) electrons. The molecule has 0 spiro atoms. The first-order chi connectivity index (χ1) is 11.4. The van der Waals surface area contributed by atoms with Crippen molar-refractivity contribution in [1.29, 1.82) is 0 Å². The molecule has 3 heteroatoms. The Morgan fingerprint density at radius 2 is 1.00 bits per heavy atom. The lowest BCUT2D eigenvalue weighted by molar-refractivity contribution is -0.00000487. The summed E-state index contributed by atoms with van der Waals surface area (Å²) in [7, 11) is -1.67. The van der Waals surface area contributed by atoms with Crippen LogP contribution in [-0.2, 0) is 4.74 Å². The van der Waals surface area contributed by atoms with Crippen LogP contribution in [-0.4, -0.2) is 18.9 Å². The van der Waals surface area contributed by atoms with Crippen molar-refractivity contribution in [3.05, 3.63) is 91.0 Å². The van der Waals surface area contributed by atoms with Crippen molar-refractivity contribution in [3.8, 4) is 0 Å². The largest absolute Gasteiger partial charge is 1.00 e. The maximum absolute atomic E-state index is 5.66. The molecule has 3 aromatic rings. The molecule has 1 heterocycles. The fourth-order valence-electron chi connectivity index (χ4n) is 3.29. The molecule has 1 nitrogen and oxygen atoms in total. The van der Waals surface area contributed by atoms with E-state index in [-0.39, 0.29) is 12.4 Å². The SMILES string of the molecule is [Cl-].c1ccc([P+](CC2CO2)(c2ccccc2)c2ccccc2)cc1. The molecule has 0 saturated carbocycles. The van der Waals surface area contributed by atoms with Gasteiger partial charge in [-0.1, -0.05) is 54.6 Å². The Morgan fingerprint density at radius 3 is 1.29 bits per heavy atom.